The third kappa shape index (κ3) is 1.69. The number of nitrogens with zero attached hydrogens (tertiary/aromatic N) is 1. The maximum Gasteiger partial charge on any atom is 0.168 e. The summed E-state index contributed by atoms with van der Waals surface area (Å²) < 4.78 is 13.9. The molecule has 4 heteroatoms. The van der Waals surface area contributed by atoms with E-state index in [1.165, 1.54) is 12.1 Å². The van der Waals surface area contributed by atoms with Gasteiger partial charge in [0.1, 0.15) is 5.82 Å². The van der Waals surface area contributed by atoms with Crippen LogP contribution in [0.4, 0.5) is 4.39 Å². The number of Topliss-reactive ketones (excluding diaryl/α,β-unsaturated/α-hetero) is 1. The van der Waals surface area contributed by atoms with E-state index in [1.807, 2.05) is 6.08 Å². The molecule has 1 aliphatic carbocycles. The number of hydrogen-bond acceptors (Lipinski definition) is 2. The molecule has 1 aromatic heterocycles. The highest BCUT2D eigenvalue weighted by Crippen LogP contribution is 2.28. The smallest absolute Gasteiger partial charge is 0.168 e. The summed E-state index contributed by atoms with van der Waals surface area (Å²) in [7, 11) is 0. The largest absolute Gasteiger partial charge is 0.294 e. The maximum atomic E-state index is 13.3. The van der Waals surface area contributed by atoms with E-state index in [9.17, 15) is 9.18 Å². The molecule has 0 spiro atoms. The molecule has 0 saturated heterocycles. The Kier molecular flexibility index (Phi) is 2.33. The van der Waals surface area contributed by atoms with Crippen LogP contribution in [0.2, 0.25) is 0 Å². The van der Waals surface area contributed by atoms with Crippen LogP contribution in [0.15, 0.2) is 28.7 Å². The minimum atomic E-state index is -0.343. The predicted octanol–water partition coefficient (Wildman–Crippen LogP) is 3.74. The molecule has 0 saturated carbocycles. The molecule has 0 fully saturated rings. The molecule has 84 valence electrons. The van der Waals surface area contributed by atoms with Crippen molar-refractivity contribution in [3.63, 3.8) is 0 Å². The van der Waals surface area contributed by atoms with Gasteiger partial charge in [0.25, 0.3) is 0 Å². The summed E-state index contributed by atoms with van der Waals surface area (Å²) in [6, 6.07) is 4.46. The van der Waals surface area contributed by atoms with Gasteiger partial charge in [-0.25, -0.2) is 9.37 Å². The molecule has 1 aromatic carbocycles. The number of hydrogen-bond donors (Lipinski definition) is 0. The summed E-state index contributed by atoms with van der Waals surface area (Å²) in [4.78, 5) is 16.1. The van der Waals surface area contributed by atoms with Gasteiger partial charge < -0.3 is 0 Å². The van der Waals surface area contributed by atoms with Crippen molar-refractivity contribution in [2.45, 2.75) is 6.42 Å². The van der Waals surface area contributed by atoms with Gasteiger partial charge in [-0.05, 0) is 40.2 Å². The molecule has 0 amide bonds. The number of ketones is 1. The molecule has 0 radical (unpaired) electrons. The molecule has 1 heterocycles. The van der Waals surface area contributed by atoms with Gasteiger partial charge in [-0.2, -0.15) is 0 Å². The molecule has 0 aliphatic heterocycles. The summed E-state index contributed by atoms with van der Waals surface area (Å²) in [5, 5.41) is 0.638. The molecule has 1 aliphatic rings. The van der Waals surface area contributed by atoms with Crippen molar-refractivity contribution in [1.82, 2.24) is 4.98 Å². The van der Waals surface area contributed by atoms with Crippen LogP contribution < -0.4 is 0 Å². The average molecular weight is 292 g/mol. The lowest BCUT2D eigenvalue weighted by molar-refractivity contribution is 0.0994. The van der Waals surface area contributed by atoms with Crippen LogP contribution in [0, 0.1) is 5.82 Å². The monoisotopic (exact) mass is 291 g/mol. The van der Waals surface area contributed by atoms with Gasteiger partial charge in [-0.15, -0.1) is 0 Å². The first-order chi connectivity index (χ1) is 8.15. The second-order valence-corrected chi connectivity index (χ2v) is 4.76. The van der Waals surface area contributed by atoms with E-state index in [-0.39, 0.29) is 11.6 Å². The van der Waals surface area contributed by atoms with E-state index >= 15 is 0 Å². The zero-order chi connectivity index (χ0) is 12.0. The van der Waals surface area contributed by atoms with Gasteiger partial charge in [0, 0.05) is 21.8 Å². The number of aromatic nitrogens is 1. The fourth-order valence-corrected chi connectivity index (χ4v) is 2.50. The van der Waals surface area contributed by atoms with Crippen LogP contribution in [-0.4, -0.2) is 10.8 Å². The normalized spacial score (nSPS) is 14.1. The molecular weight excluding hydrogens is 285 g/mol. The van der Waals surface area contributed by atoms with E-state index in [0.29, 0.717) is 33.1 Å². The minimum Gasteiger partial charge on any atom is -0.294 e. The molecule has 3 rings (SSSR count). The van der Waals surface area contributed by atoms with Crippen molar-refractivity contribution >= 4 is 38.7 Å². The van der Waals surface area contributed by atoms with Gasteiger partial charge in [0.2, 0.25) is 0 Å². The molecule has 0 bridgehead atoms. The van der Waals surface area contributed by atoms with Crippen LogP contribution in [-0.2, 0) is 0 Å². The van der Waals surface area contributed by atoms with Gasteiger partial charge >= 0.3 is 0 Å². The molecule has 0 unspecified atom stereocenters. The number of fused-ring (bicyclic) bond motifs is 2. The van der Waals surface area contributed by atoms with Crippen LogP contribution in [0.3, 0.4) is 0 Å². The Balaban J connectivity index is 2.40. The zero-order valence-electron chi connectivity index (χ0n) is 8.71. The van der Waals surface area contributed by atoms with Crippen molar-refractivity contribution in [2.24, 2.45) is 0 Å². The summed E-state index contributed by atoms with van der Waals surface area (Å²) >= 11 is 3.28. The topological polar surface area (TPSA) is 30.0 Å². The first-order valence-corrected chi connectivity index (χ1v) is 5.94. The average Bonchev–Trinajstić information content (AvgIpc) is 2.28. The SMILES string of the molecule is O=C1CC=Cc2nc3c(Br)cc(F)cc3cc21. The van der Waals surface area contributed by atoms with E-state index in [1.54, 1.807) is 12.1 Å². The number of carbonyl (C=O) groups excluding carboxylic acids is 1. The Morgan fingerprint density at radius 3 is 2.94 bits per heavy atom. The van der Waals surface area contributed by atoms with Crippen molar-refractivity contribution < 1.29 is 9.18 Å². The van der Waals surface area contributed by atoms with Crippen molar-refractivity contribution in [3.8, 4) is 0 Å². The summed E-state index contributed by atoms with van der Waals surface area (Å²) in [5.74, 6) is -0.317. The van der Waals surface area contributed by atoms with E-state index < -0.39 is 0 Å². The second-order valence-electron chi connectivity index (χ2n) is 3.91. The standard InChI is InChI=1S/C13H7BrFNO/c14-10-6-8(15)4-7-5-9-11(16-13(7)10)2-1-3-12(9)17/h1-2,4-6H,3H2. The number of allylic oxidation sites excluding steroid dienone is 1. The molecule has 2 aromatic rings. The number of carbonyl (C=O) groups is 1. The number of halogens is 2. The lowest BCUT2D eigenvalue weighted by Crippen LogP contribution is -2.06. The van der Waals surface area contributed by atoms with Crippen LogP contribution in [0.25, 0.3) is 17.0 Å². The highest BCUT2D eigenvalue weighted by Gasteiger charge is 2.16. The van der Waals surface area contributed by atoms with Gasteiger partial charge in [0.15, 0.2) is 5.78 Å². The van der Waals surface area contributed by atoms with Crippen molar-refractivity contribution in [3.05, 3.63) is 45.8 Å². The summed E-state index contributed by atoms with van der Waals surface area (Å²) in [6.07, 6.45) is 4.00. The van der Waals surface area contributed by atoms with E-state index in [2.05, 4.69) is 20.9 Å². The molecule has 0 atom stereocenters. The van der Waals surface area contributed by atoms with Crippen LogP contribution in [0.5, 0.6) is 0 Å². The first kappa shape index (κ1) is 10.6. The fourth-order valence-electron chi connectivity index (χ4n) is 1.96. The Bertz CT molecular complexity index is 679. The van der Waals surface area contributed by atoms with Gasteiger partial charge in [-0.1, -0.05) is 6.08 Å². The molecule has 2 nitrogen and oxygen atoms in total. The Morgan fingerprint density at radius 1 is 1.29 bits per heavy atom. The van der Waals surface area contributed by atoms with Gasteiger partial charge in [0.05, 0.1) is 11.2 Å². The third-order valence-corrected chi connectivity index (χ3v) is 3.35. The Hall–Kier alpha value is -1.55. The summed E-state index contributed by atoms with van der Waals surface area (Å²) in [5.41, 5.74) is 1.89. The highest BCUT2D eigenvalue weighted by atomic mass is 79.9. The predicted molar refractivity (Wildman–Crippen MR) is 67.4 cm³/mol. The second kappa shape index (κ2) is 3.74. The maximum absolute atomic E-state index is 13.3. The number of rotatable bonds is 0. The lowest BCUT2D eigenvalue weighted by atomic mass is 9.99. The molecular formula is C13H7BrFNO. The Morgan fingerprint density at radius 2 is 2.12 bits per heavy atom. The third-order valence-electron chi connectivity index (χ3n) is 2.75. The Labute approximate surface area is 105 Å². The van der Waals surface area contributed by atoms with Crippen LogP contribution >= 0.6 is 15.9 Å². The number of pyridine rings is 1. The van der Waals surface area contributed by atoms with E-state index in [4.69, 9.17) is 0 Å². The zero-order valence-corrected chi connectivity index (χ0v) is 10.3. The highest BCUT2D eigenvalue weighted by molar-refractivity contribution is 9.10. The van der Waals surface area contributed by atoms with E-state index in [0.717, 1.165) is 0 Å². The quantitative estimate of drug-likeness (QED) is 0.740. The lowest BCUT2D eigenvalue weighted by Gasteiger charge is -2.10. The van der Waals surface area contributed by atoms with Crippen molar-refractivity contribution in [1.29, 1.82) is 0 Å². The fraction of sp³-hybridized carbons (Fsp3) is 0.0769. The first-order valence-electron chi connectivity index (χ1n) is 5.15. The molecule has 0 N–H and O–H groups in total. The van der Waals surface area contributed by atoms with Crippen LogP contribution in [0.1, 0.15) is 22.5 Å². The summed E-state index contributed by atoms with van der Waals surface area (Å²) in [6.45, 7) is 0. The molecule has 17 heavy (non-hydrogen) atoms. The van der Waals surface area contributed by atoms with Gasteiger partial charge in [-0.3, -0.25) is 4.79 Å². The minimum absolute atomic E-state index is 0.0253. The van der Waals surface area contributed by atoms with Crippen molar-refractivity contribution in [2.75, 3.05) is 0 Å². The number of benzene rings is 1.